The van der Waals surface area contributed by atoms with E-state index < -0.39 is 0 Å². The topological polar surface area (TPSA) is 43.3 Å². The zero-order valence-corrected chi connectivity index (χ0v) is 12.3. The van der Waals surface area contributed by atoms with E-state index in [2.05, 4.69) is 5.32 Å². The second-order valence-electron chi connectivity index (χ2n) is 5.42. The van der Waals surface area contributed by atoms with Gasteiger partial charge < -0.3 is 10.1 Å². The number of methoxy groups -OCH3 is 1. The van der Waals surface area contributed by atoms with Crippen molar-refractivity contribution in [2.75, 3.05) is 7.11 Å². The van der Waals surface area contributed by atoms with Gasteiger partial charge in [-0.05, 0) is 18.4 Å². The van der Waals surface area contributed by atoms with Gasteiger partial charge in [0.1, 0.15) is 0 Å². The van der Waals surface area contributed by atoms with E-state index in [0.717, 1.165) is 46.8 Å². The molecule has 0 saturated carbocycles. The molecule has 4 rings (SSSR count). The second-order valence-corrected chi connectivity index (χ2v) is 5.42. The number of nitrogens with zero attached hydrogens (tertiary/aromatic N) is 1. The number of nitrogens with one attached hydrogen (secondary N) is 1. The zero-order valence-electron chi connectivity index (χ0n) is 12.3. The average molecular weight is 292 g/mol. The van der Waals surface area contributed by atoms with Gasteiger partial charge in [0.25, 0.3) is 5.91 Å². The third-order valence-corrected chi connectivity index (χ3v) is 4.17. The lowest BCUT2D eigenvalue weighted by Crippen LogP contribution is -2.19. The molecule has 4 nitrogen and oxygen atoms in total. The fourth-order valence-electron chi connectivity index (χ4n) is 3.18. The van der Waals surface area contributed by atoms with Crippen molar-refractivity contribution in [3.05, 3.63) is 65.5 Å². The van der Waals surface area contributed by atoms with Crippen LogP contribution in [0.15, 0.2) is 48.7 Å². The van der Waals surface area contributed by atoms with Crippen LogP contribution in [0.5, 0.6) is 5.88 Å². The van der Waals surface area contributed by atoms with E-state index in [1.165, 1.54) is 0 Å². The molecular formula is C18H16N2O2. The lowest BCUT2D eigenvalue weighted by molar-refractivity contribution is -0.114. The van der Waals surface area contributed by atoms with Crippen LogP contribution in [0, 0.1) is 0 Å². The quantitative estimate of drug-likeness (QED) is 0.925. The van der Waals surface area contributed by atoms with E-state index in [-0.39, 0.29) is 5.91 Å². The lowest BCUT2D eigenvalue weighted by Gasteiger charge is -2.17. The van der Waals surface area contributed by atoms with Gasteiger partial charge in [-0.3, -0.25) is 9.36 Å². The van der Waals surface area contributed by atoms with Crippen molar-refractivity contribution in [2.45, 2.75) is 12.8 Å². The second kappa shape index (κ2) is 4.91. The Morgan fingerprint density at radius 2 is 2.05 bits per heavy atom. The SMILES string of the molecule is COc1cc2c3n1C(c1ccccc1)=CNC(=O)C3=CCC2. The Hall–Kier alpha value is -2.75. The molecule has 0 unspecified atom stereocenters. The number of ether oxygens (including phenoxy) is 1. The van der Waals surface area contributed by atoms with Gasteiger partial charge in [-0.25, -0.2) is 0 Å². The summed E-state index contributed by atoms with van der Waals surface area (Å²) in [6, 6.07) is 12.1. The number of hydrogen-bond donors (Lipinski definition) is 1. The van der Waals surface area contributed by atoms with Crippen molar-refractivity contribution in [1.82, 2.24) is 9.88 Å². The monoisotopic (exact) mass is 292 g/mol. The maximum atomic E-state index is 12.4. The molecule has 2 aliphatic rings. The molecule has 1 aliphatic carbocycles. The molecule has 4 heteroatoms. The van der Waals surface area contributed by atoms with E-state index in [1.807, 2.05) is 47.0 Å². The Bertz CT molecular complexity index is 813. The first-order valence-corrected chi connectivity index (χ1v) is 7.35. The minimum atomic E-state index is -0.0612. The van der Waals surface area contributed by atoms with Gasteiger partial charge in [0.05, 0.1) is 24.1 Å². The van der Waals surface area contributed by atoms with Crippen LogP contribution >= 0.6 is 0 Å². The molecule has 1 aromatic heterocycles. The third kappa shape index (κ3) is 1.80. The zero-order chi connectivity index (χ0) is 15.1. The Balaban J connectivity index is 2.02. The molecule has 0 atom stereocenters. The van der Waals surface area contributed by atoms with Crippen LogP contribution in [0.1, 0.15) is 23.2 Å². The number of amides is 1. The van der Waals surface area contributed by atoms with Gasteiger partial charge in [-0.2, -0.15) is 0 Å². The number of hydrogen-bond acceptors (Lipinski definition) is 2. The predicted octanol–water partition coefficient (Wildman–Crippen LogP) is 2.80. The summed E-state index contributed by atoms with van der Waals surface area (Å²) >= 11 is 0. The van der Waals surface area contributed by atoms with Gasteiger partial charge in [0.15, 0.2) is 5.88 Å². The molecule has 2 heterocycles. The first kappa shape index (κ1) is 13.0. The third-order valence-electron chi connectivity index (χ3n) is 4.17. The summed E-state index contributed by atoms with van der Waals surface area (Å²) in [5.74, 6) is 0.693. The molecule has 2 aromatic rings. The molecule has 1 N–H and O–H groups in total. The Morgan fingerprint density at radius 3 is 2.82 bits per heavy atom. The van der Waals surface area contributed by atoms with Gasteiger partial charge >= 0.3 is 0 Å². The number of aromatic nitrogens is 1. The summed E-state index contributed by atoms with van der Waals surface area (Å²) in [5.41, 5.74) is 4.79. The van der Waals surface area contributed by atoms with Gasteiger partial charge in [0.2, 0.25) is 0 Å². The van der Waals surface area contributed by atoms with Crippen LogP contribution in [0.4, 0.5) is 0 Å². The highest BCUT2D eigenvalue weighted by molar-refractivity contribution is 6.21. The minimum absolute atomic E-state index is 0.0612. The van der Waals surface area contributed by atoms with Crippen molar-refractivity contribution >= 4 is 17.2 Å². The summed E-state index contributed by atoms with van der Waals surface area (Å²) in [6.45, 7) is 0. The van der Waals surface area contributed by atoms with Crippen molar-refractivity contribution in [1.29, 1.82) is 0 Å². The molecule has 0 spiro atoms. The largest absolute Gasteiger partial charge is 0.482 e. The molecule has 1 aliphatic heterocycles. The Kier molecular flexibility index (Phi) is 2.89. The number of carbonyl (C=O) groups excluding carboxylic acids is 1. The molecule has 110 valence electrons. The predicted molar refractivity (Wildman–Crippen MR) is 85.2 cm³/mol. The van der Waals surface area contributed by atoms with E-state index in [9.17, 15) is 4.79 Å². The number of allylic oxidation sites excluding steroid dienone is 1. The highest BCUT2D eigenvalue weighted by Crippen LogP contribution is 2.38. The van der Waals surface area contributed by atoms with E-state index in [1.54, 1.807) is 13.3 Å². The molecule has 0 saturated heterocycles. The summed E-state index contributed by atoms with van der Waals surface area (Å²) in [7, 11) is 1.66. The van der Waals surface area contributed by atoms with Crippen LogP contribution in [0.2, 0.25) is 0 Å². The van der Waals surface area contributed by atoms with Crippen LogP contribution < -0.4 is 10.1 Å². The molecule has 0 radical (unpaired) electrons. The normalized spacial score (nSPS) is 16.1. The summed E-state index contributed by atoms with van der Waals surface area (Å²) < 4.78 is 7.60. The molecular weight excluding hydrogens is 276 g/mol. The molecule has 0 fully saturated rings. The highest BCUT2D eigenvalue weighted by atomic mass is 16.5. The van der Waals surface area contributed by atoms with E-state index in [4.69, 9.17) is 4.74 Å². The minimum Gasteiger partial charge on any atom is -0.482 e. The average Bonchev–Trinajstić information content (AvgIpc) is 2.87. The van der Waals surface area contributed by atoms with Gasteiger partial charge in [-0.1, -0.05) is 36.4 Å². The van der Waals surface area contributed by atoms with Crippen molar-refractivity contribution in [2.24, 2.45) is 0 Å². The lowest BCUT2D eigenvalue weighted by atomic mass is 9.96. The van der Waals surface area contributed by atoms with Gasteiger partial charge in [-0.15, -0.1) is 0 Å². The maximum absolute atomic E-state index is 12.4. The van der Waals surface area contributed by atoms with Crippen molar-refractivity contribution < 1.29 is 9.53 Å². The smallest absolute Gasteiger partial charge is 0.257 e. The van der Waals surface area contributed by atoms with Crippen LogP contribution in [0.3, 0.4) is 0 Å². The number of carbonyl (C=O) groups is 1. The standard InChI is InChI=1S/C18H16N2O2/c1-22-16-10-13-8-5-9-14-17(13)20(16)15(11-19-18(14)21)12-6-3-2-4-7-12/h2-4,6-7,9-11H,5,8H2,1H3,(H,19,21). The fraction of sp³-hybridized carbons (Fsp3) is 0.167. The fourth-order valence-corrected chi connectivity index (χ4v) is 3.18. The summed E-state index contributed by atoms with van der Waals surface area (Å²) in [5, 5.41) is 2.89. The molecule has 22 heavy (non-hydrogen) atoms. The first-order chi connectivity index (χ1) is 10.8. The molecule has 1 amide bonds. The van der Waals surface area contributed by atoms with Crippen LogP contribution in [0.25, 0.3) is 11.3 Å². The Morgan fingerprint density at radius 1 is 1.23 bits per heavy atom. The van der Waals surface area contributed by atoms with Crippen LogP contribution in [-0.4, -0.2) is 17.6 Å². The molecule has 1 aromatic carbocycles. The summed E-state index contributed by atoms with van der Waals surface area (Å²) in [4.78, 5) is 12.4. The first-order valence-electron chi connectivity index (χ1n) is 7.35. The van der Waals surface area contributed by atoms with E-state index >= 15 is 0 Å². The number of aryl methyl sites for hydroxylation is 1. The number of rotatable bonds is 2. The van der Waals surface area contributed by atoms with Crippen molar-refractivity contribution in [3.8, 4) is 5.88 Å². The number of benzene rings is 1. The molecule has 0 bridgehead atoms. The van der Waals surface area contributed by atoms with Crippen molar-refractivity contribution in [3.63, 3.8) is 0 Å². The van der Waals surface area contributed by atoms with Gasteiger partial charge in [0, 0.05) is 17.8 Å². The summed E-state index contributed by atoms with van der Waals surface area (Å²) in [6.07, 6.45) is 5.58. The highest BCUT2D eigenvalue weighted by Gasteiger charge is 2.29. The van der Waals surface area contributed by atoms with E-state index in [0.29, 0.717) is 0 Å². The Labute approximate surface area is 128 Å². The van der Waals surface area contributed by atoms with Crippen LogP contribution in [-0.2, 0) is 11.2 Å². The maximum Gasteiger partial charge on any atom is 0.257 e.